The highest BCUT2D eigenvalue weighted by Crippen LogP contribution is 2.19. The molecule has 1 saturated heterocycles. The van der Waals surface area contributed by atoms with E-state index in [4.69, 9.17) is 0 Å². The molecule has 20 heavy (non-hydrogen) atoms. The molecule has 0 radical (unpaired) electrons. The van der Waals surface area contributed by atoms with Crippen molar-refractivity contribution in [2.45, 2.75) is 18.9 Å². The Bertz CT molecular complexity index is 427. The van der Waals surface area contributed by atoms with Crippen molar-refractivity contribution in [3.05, 3.63) is 35.9 Å². The number of benzene rings is 1. The van der Waals surface area contributed by atoms with Gasteiger partial charge < -0.3 is 14.9 Å². The fourth-order valence-corrected chi connectivity index (χ4v) is 2.71. The SMILES string of the molecule is CN1CCC(CN(C)C(=O)C(O)c2ccccc2)CC1. The minimum Gasteiger partial charge on any atom is -0.378 e. The van der Waals surface area contributed by atoms with Crippen LogP contribution in [0.3, 0.4) is 0 Å². The molecule has 0 aromatic heterocycles. The average Bonchev–Trinajstić information content (AvgIpc) is 2.49. The molecule has 0 saturated carbocycles. The Labute approximate surface area is 121 Å². The molecule has 0 bridgehead atoms. The summed E-state index contributed by atoms with van der Waals surface area (Å²) in [5.41, 5.74) is 0.660. The standard InChI is InChI=1S/C16H24N2O2/c1-17-10-8-13(9-11-17)12-18(2)16(20)15(19)14-6-4-3-5-7-14/h3-7,13,15,19H,8-12H2,1-2H3. The van der Waals surface area contributed by atoms with Crippen molar-refractivity contribution in [1.82, 2.24) is 9.80 Å². The molecular formula is C16H24N2O2. The van der Waals surface area contributed by atoms with E-state index in [1.807, 2.05) is 18.2 Å². The third-order valence-electron chi connectivity index (χ3n) is 4.10. The van der Waals surface area contributed by atoms with Crippen LogP contribution < -0.4 is 0 Å². The number of carbonyl (C=O) groups excluding carboxylic acids is 1. The second-order valence-electron chi connectivity index (χ2n) is 5.78. The molecule has 1 aromatic carbocycles. The molecular weight excluding hydrogens is 252 g/mol. The summed E-state index contributed by atoms with van der Waals surface area (Å²) in [5.74, 6) is 0.332. The topological polar surface area (TPSA) is 43.8 Å². The molecule has 0 aliphatic carbocycles. The van der Waals surface area contributed by atoms with Gasteiger partial charge in [-0.1, -0.05) is 30.3 Å². The maximum absolute atomic E-state index is 12.2. The first-order valence-electron chi connectivity index (χ1n) is 7.24. The summed E-state index contributed by atoms with van der Waals surface area (Å²) in [6.07, 6.45) is 1.19. The molecule has 0 spiro atoms. The minimum atomic E-state index is -1.05. The van der Waals surface area contributed by atoms with Crippen molar-refractivity contribution in [2.75, 3.05) is 33.7 Å². The smallest absolute Gasteiger partial charge is 0.255 e. The van der Waals surface area contributed by atoms with Crippen LogP contribution in [0.25, 0.3) is 0 Å². The number of hydrogen-bond acceptors (Lipinski definition) is 3. The van der Waals surface area contributed by atoms with Gasteiger partial charge in [-0.3, -0.25) is 4.79 Å². The number of carbonyl (C=O) groups is 1. The van der Waals surface area contributed by atoms with Gasteiger partial charge in [-0.15, -0.1) is 0 Å². The van der Waals surface area contributed by atoms with Crippen LogP contribution in [0, 0.1) is 5.92 Å². The molecule has 2 rings (SSSR count). The Hall–Kier alpha value is -1.39. The number of likely N-dealkylation sites (N-methyl/N-ethyl adjacent to an activating group) is 1. The van der Waals surface area contributed by atoms with Gasteiger partial charge in [-0.25, -0.2) is 0 Å². The number of amides is 1. The van der Waals surface area contributed by atoms with Gasteiger partial charge in [0.15, 0.2) is 6.10 Å². The van der Waals surface area contributed by atoms with Crippen LogP contribution in [0.15, 0.2) is 30.3 Å². The molecule has 4 nitrogen and oxygen atoms in total. The van der Waals surface area contributed by atoms with E-state index in [0.717, 1.165) is 32.5 Å². The first-order valence-corrected chi connectivity index (χ1v) is 7.24. The van der Waals surface area contributed by atoms with Gasteiger partial charge in [0, 0.05) is 13.6 Å². The summed E-state index contributed by atoms with van der Waals surface area (Å²) in [6.45, 7) is 2.92. The number of aliphatic hydroxyl groups excluding tert-OH is 1. The minimum absolute atomic E-state index is 0.213. The van der Waals surface area contributed by atoms with Crippen molar-refractivity contribution >= 4 is 5.91 Å². The molecule has 110 valence electrons. The fourth-order valence-electron chi connectivity index (χ4n) is 2.71. The number of aliphatic hydroxyl groups is 1. The first kappa shape index (κ1) is 15.0. The van der Waals surface area contributed by atoms with E-state index in [1.54, 1.807) is 24.1 Å². The average molecular weight is 276 g/mol. The van der Waals surface area contributed by atoms with Gasteiger partial charge in [-0.2, -0.15) is 0 Å². The predicted molar refractivity (Wildman–Crippen MR) is 79.3 cm³/mol. The van der Waals surface area contributed by atoms with Crippen LogP contribution in [0.2, 0.25) is 0 Å². The third kappa shape index (κ3) is 3.81. The summed E-state index contributed by atoms with van der Waals surface area (Å²) in [5, 5.41) is 10.1. The van der Waals surface area contributed by atoms with E-state index in [9.17, 15) is 9.90 Å². The molecule has 1 aliphatic heterocycles. The molecule has 4 heteroatoms. The van der Waals surface area contributed by atoms with E-state index in [1.165, 1.54) is 0 Å². The van der Waals surface area contributed by atoms with Gasteiger partial charge in [0.25, 0.3) is 5.91 Å². The quantitative estimate of drug-likeness (QED) is 0.907. The number of hydrogen-bond donors (Lipinski definition) is 1. The van der Waals surface area contributed by atoms with E-state index >= 15 is 0 Å². The van der Waals surface area contributed by atoms with Crippen LogP contribution in [-0.4, -0.2) is 54.5 Å². The lowest BCUT2D eigenvalue weighted by Crippen LogP contribution is -2.39. The van der Waals surface area contributed by atoms with Gasteiger partial charge >= 0.3 is 0 Å². The lowest BCUT2D eigenvalue weighted by atomic mass is 9.96. The highest BCUT2D eigenvalue weighted by atomic mass is 16.3. The van der Waals surface area contributed by atoms with E-state index < -0.39 is 6.10 Å². The zero-order valence-corrected chi connectivity index (χ0v) is 12.3. The van der Waals surface area contributed by atoms with E-state index in [-0.39, 0.29) is 5.91 Å². The molecule has 1 N–H and O–H groups in total. The van der Waals surface area contributed by atoms with Crippen molar-refractivity contribution in [2.24, 2.45) is 5.92 Å². The largest absolute Gasteiger partial charge is 0.378 e. The van der Waals surface area contributed by atoms with Gasteiger partial charge in [-0.05, 0) is 44.5 Å². The zero-order chi connectivity index (χ0) is 14.5. The Balaban J connectivity index is 1.88. The predicted octanol–water partition coefficient (Wildman–Crippen LogP) is 1.52. The Morgan fingerprint density at radius 1 is 1.35 bits per heavy atom. The van der Waals surface area contributed by atoms with Crippen LogP contribution in [0.4, 0.5) is 0 Å². The normalized spacial score (nSPS) is 18.8. The molecule has 1 unspecified atom stereocenters. The number of likely N-dealkylation sites (tertiary alicyclic amines) is 1. The molecule has 1 aromatic rings. The number of rotatable bonds is 4. The van der Waals surface area contributed by atoms with Crippen molar-refractivity contribution < 1.29 is 9.90 Å². The lowest BCUT2D eigenvalue weighted by molar-refractivity contribution is -0.139. The van der Waals surface area contributed by atoms with Crippen molar-refractivity contribution in [1.29, 1.82) is 0 Å². The Kier molecular flexibility index (Phi) is 5.15. The second kappa shape index (κ2) is 6.86. The molecule has 1 aliphatic rings. The monoisotopic (exact) mass is 276 g/mol. The van der Waals surface area contributed by atoms with Crippen LogP contribution in [-0.2, 0) is 4.79 Å². The second-order valence-corrected chi connectivity index (χ2v) is 5.78. The maximum Gasteiger partial charge on any atom is 0.255 e. The lowest BCUT2D eigenvalue weighted by Gasteiger charge is -2.32. The number of nitrogens with zero attached hydrogens (tertiary/aromatic N) is 2. The Morgan fingerprint density at radius 2 is 1.95 bits per heavy atom. The third-order valence-corrected chi connectivity index (χ3v) is 4.10. The van der Waals surface area contributed by atoms with Gasteiger partial charge in [0.2, 0.25) is 0 Å². The molecule has 1 heterocycles. The Morgan fingerprint density at radius 3 is 2.55 bits per heavy atom. The first-order chi connectivity index (χ1) is 9.58. The maximum atomic E-state index is 12.2. The van der Waals surface area contributed by atoms with Crippen LogP contribution >= 0.6 is 0 Å². The van der Waals surface area contributed by atoms with E-state index in [0.29, 0.717) is 11.5 Å². The van der Waals surface area contributed by atoms with Crippen LogP contribution in [0.1, 0.15) is 24.5 Å². The van der Waals surface area contributed by atoms with Crippen molar-refractivity contribution in [3.63, 3.8) is 0 Å². The van der Waals surface area contributed by atoms with Gasteiger partial charge in [0.1, 0.15) is 0 Å². The highest BCUT2D eigenvalue weighted by molar-refractivity contribution is 5.81. The molecule has 1 atom stereocenters. The highest BCUT2D eigenvalue weighted by Gasteiger charge is 2.24. The summed E-state index contributed by atoms with van der Waals surface area (Å²) in [6, 6.07) is 9.12. The summed E-state index contributed by atoms with van der Waals surface area (Å²) in [4.78, 5) is 16.2. The fraction of sp³-hybridized carbons (Fsp3) is 0.562. The van der Waals surface area contributed by atoms with Gasteiger partial charge in [0.05, 0.1) is 0 Å². The van der Waals surface area contributed by atoms with E-state index in [2.05, 4.69) is 11.9 Å². The van der Waals surface area contributed by atoms with Crippen LogP contribution in [0.5, 0.6) is 0 Å². The van der Waals surface area contributed by atoms with Crippen molar-refractivity contribution in [3.8, 4) is 0 Å². The summed E-state index contributed by atoms with van der Waals surface area (Å²) in [7, 11) is 3.91. The molecule has 1 fully saturated rings. The zero-order valence-electron chi connectivity index (χ0n) is 12.3. The molecule has 1 amide bonds. The number of piperidine rings is 1. The summed E-state index contributed by atoms with van der Waals surface area (Å²) < 4.78 is 0. The summed E-state index contributed by atoms with van der Waals surface area (Å²) >= 11 is 0.